The Morgan fingerprint density at radius 2 is 2.19 bits per heavy atom. The van der Waals surface area contributed by atoms with Gasteiger partial charge in [-0.25, -0.2) is 4.68 Å². The van der Waals surface area contributed by atoms with Gasteiger partial charge >= 0.3 is 0 Å². The predicted molar refractivity (Wildman–Crippen MR) is 77.9 cm³/mol. The fourth-order valence-electron chi connectivity index (χ4n) is 2.02. The Kier molecular flexibility index (Phi) is 4.99. The number of nitrogens with one attached hydrogen (secondary N) is 1. The van der Waals surface area contributed by atoms with Gasteiger partial charge in [0.25, 0.3) is 5.56 Å². The molecule has 0 aliphatic carbocycles. The van der Waals surface area contributed by atoms with Crippen molar-refractivity contribution in [1.29, 1.82) is 0 Å². The summed E-state index contributed by atoms with van der Waals surface area (Å²) >= 11 is 0. The molecule has 0 radical (unpaired) electrons. The molecule has 1 atom stereocenters. The summed E-state index contributed by atoms with van der Waals surface area (Å²) in [6.45, 7) is 2.49. The average molecular weight is 290 g/mol. The van der Waals surface area contributed by atoms with Crippen molar-refractivity contribution in [2.75, 3.05) is 13.7 Å². The van der Waals surface area contributed by atoms with Gasteiger partial charge in [0, 0.05) is 19.6 Å². The number of hydrogen-bond donors (Lipinski definition) is 1. The molecule has 1 heterocycles. The van der Waals surface area contributed by atoms with Crippen LogP contribution in [0, 0.1) is 0 Å². The van der Waals surface area contributed by atoms with Crippen LogP contribution < -0.4 is 10.9 Å². The van der Waals surface area contributed by atoms with Crippen molar-refractivity contribution in [2.24, 2.45) is 0 Å². The number of aryl methyl sites for hydroxylation is 1. The molecule has 0 saturated carbocycles. The maximum absolute atomic E-state index is 12.2. The molecule has 21 heavy (non-hydrogen) atoms. The summed E-state index contributed by atoms with van der Waals surface area (Å²) < 4.78 is 6.15. The highest BCUT2D eigenvalue weighted by Gasteiger charge is 2.09. The fraction of sp³-hybridized carbons (Fsp3) is 0.429. The number of amides is 1. The number of nitrogens with zero attached hydrogens (tertiary/aromatic N) is 3. The Balaban J connectivity index is 2.02. The van der Waals surface area contributed by atoms with Gasteiger partial charge in [-0.2, -0.15) is 0 Å². The molecule has 0 aliphatic rings. The number of carbonyl (C=O) groups is 1. The van der Waals surface area contributed by atoms with Gasteiger partial charge in [0.2, 0.25) is 5.91 Å². The third kappa shape index (κ3) is 3.85. The molecule has 0 aliphatic heterocycles. The average Bonchev–Trinajstić information content (AvgIpc) is 2.47. The first-order valence-corrected chi connectivity index (χ1v) is 6.72. The lowest BCUT2D eigenvalue weighted by molar-refractivity contribution is -0.122. The zero-order chi connectivity index (χ0) is 15.2. The van der Waals surface area contributed by atoms with Crippen LogP contribution >= 0.6 is 0 Å². The number of hydrogen-bond acceptors (Lipinski definition) is 5. The zero-order valence-corrected chi connectivity index (χ0v) is 12.1. The minimum absolute atomic E-state index is 0.0677. The number of ether oxygens (including phenoxy) is 1. The molecule has 0 spiro atoms. The molecule has 112 valence electrons. The molecule has 1 aromatic carbocycles. The van der Waals surface area contributed by atoms with Crippen LogP contribution in [0.1, 0.15) is 13.3 Å². The zero-order valence-electron chi connectivity index (χ0n) is 12.1. The summed E-state index contributed by atoms with van der Waals surface area (Å²) in [5, 5.41) is 11.1. The Hall–Kier alpha value is -2.28. The van der Waals surface area contributed by atoms with Crippen molar-refractivity contribution in [2.45, 2.75) is 25.9 Å². The second kappa shape index (κ2) is 6.94. The van der Waals surface area contributed by atoms with Crippen LogP contribution in [0.3, 0.4) is 0 Å². The Bertz CT molecular complexity index is 683. The summed E-state index contributed by atoms with van der Waals surface area (Å²) in [5.74, 6) is -0.151. The first-order chi connectivity index (χ1) is 10.1. The van der Waals surface area contributed by atoms with Gasteiger partial charge in [-0.05, 0) is 19.1 Å². The lowest BCUT2D eigenvalue weighted by Crippen LogP contribution is -2.36. The molecular formula is C14H18N4O3. The third-order valence-corrected chi connectivity index (χ3v) is 3.00. The van der Waals surface area contributed by atoms with E-state index in [4.69, 9.17) is 4.74 Å². The molecule has 1 aromatic heterocycles. The SMILES string of the molecule is COCC(C)NC(=O)CCn1nnc2ccccc2c1=O. The molecule has 1 unspecified atom stereocenters. The summed E-state index contributed by atoms with van der Waals surface area (Å²) in [4.78, 5) is 23.9. The smallest absolute Gasteiger partial charge is 0.277 e. The second-order valence-corrected chi connectivity index (χ2v) is 4.81. The van der Waals surface area contributed by atoms with Crippen LogP contribution in [0.15, 0.2) is 29.1 Å². The molecule has 1 amide bonds. The standard InChI is InChI=1S/C14H18N4O3/c1-10(9-21-2)15-13(19)7-8-18-14(20)11-5-3-4-6-12(11)16-17-18/h3-6,10H,7-9H2,1-2H3,(H,15,19). The first-order valence-electron chi connectivity index (χ1n) is 6.72. The molecule has 1 N–H and O–H groups in total. The number of aromatic nitrogens is 3. The molecule has 7 nitrogen and oxygen atoms in total. The van der Waals surface area contributed by atoms with Gasteiger partial charge in [-0.3, -0.25) is 9.59 Å². The molecule has 0 saturated heterocycles. The number of rotatable bonds is 6. The highest BCUT2D eigenvalue weighted by Crippen LogP contribution is 2.03. The van der Waals surface area contributed by atoms with E-state index < -0.39 is 0 Å². The predicted octanol–water partition coefficient (Wildman–Crippen LogP) is 0.333. The number of benzene rings is 1. The van der Waals surface area contributed by atoms with Crippen LogP contribution in [-0.4, -0.2) is 40.7 Å². The van der Waals surface area contributed by atoms with Crippen LogP contribution in [0.4, 0.5) is 0 Å². The Labute approximate surface area is 121 Å². The molecule has 7 heteroatoms. The number of fused-ring (bicyclic) bond motifs is 1. The van der Waals surface area contributed by atoms with E-state index in [0.717, 1.165) is 0 Å². The fourth-order valence-corrected chi connectivity index (χ4v) is 2.02. The van der Waals surface area contributed by atoms with Gasteiger partial charge in [0.15, 0.2) is 0 Å². The van der Waals surface area contributed by atoms with E-state index in [0.29, 0.717) is 17.5 Å². The van der Waals surface area contributed by atoms with Crippen molar-refractivity contribution in [3.63, 3.8) is 0 Å². The summed E-state index contributed by atoms with van der Waals surface area (Å²) in [6, 6.07) is 6.93. The van der Waals surface area contributed by atoms with E-state index in [1.165, 1.54) is 4.68 Å². The maximum Gasteiger partial charge on any atom is 0.277 e. The van der Waals surface area contributed by atoms with Gasteiger partial charge in [0.05, 0.1) is 18.5 Å². The van der Waals surface area contributed by atoms with Gasteiger partial charge < -0.3 is 10.1 Å². The molecular weight excluding hydrogens is 272 g/mol. The summed E-state index contributed by atoms with van der Waals surface area (Å²) in [6.07, 6.45) is 0.168. The molecule has 0 fully saturated rings. The molecule has 0 bridgehead atoms. The lowest BCUT2D eigenvalue weighted by atomic mass is 10.2. The van der Waals surface area contributed by atoms with E-state index >= 15 is 0 Å². The highest BCUT2D eigenvalue weighted by molar-refractivity contribution is 5.77. The van der Waals surface area contributed by atoms with Crippen LogP contribution in [0.25, 0.3) is 10.9 Å². The normalized spacial score (nSPS) is 12.3. The number of methoxy groups -OCH3 is 1. The molecule has 2 rings (SSSR count). The lowest BCUT2D eigenvalue weighted by Gasteiger charge is -2.12. The van der Waals surface area contributed by atoms with Crippen molar-refractivity contribution >= 4 is 16.8 Å². The van der Waals surface area contributed by atoms with Crippen molar-refractivity contribution in [1.82, 2.24) is 20.3 Å². The Morgan fingerprint density at radius 1 is 1.43 bits per heavy atom. The highest BCUT2D eigenvalue weighted by atomic mass is 16.5. The van der Waals surface area contributed by atoms with Gasteiger partial charge in [0.1, 0.15) is 5.52 Å². The van der Waals surface area contributed by atoms with Crippen LogP contribution in [0.2, 0.25) is 0 Å². The topological polar surface area (TPSA) is 86.1 Å². The Morgan fingerprint density at radius 3 is 2.95 bits per heavy atom. The van der Waals surface area contributed by atoms with Crippen molar-refractivity contribution < 1.29 is 9.53 Å². The molecule has 2 aromatic rings. The van der Waals surface area contributed by atoms with Crippen LogP contribution in [-0.2, 0) is 16.1 Å². The maximum atomic E-state index is 12.2. The van der Waals surface area contributed by atoms with E-state index in [-0.39, 0.29) is 30.5 Å². The van der Waals surface area contributed by atoms with E-state index in [1.807, 2.05) is 6.92 Å². The van der Waals surface area contributed by atoms with Crippen molar-refractivity contribution in [3.05, 3.63) is 34.6 Å². The van der Waals surface area contributed by atoms with E-state index in [2.05, 4.69) is 15.6 Å². The van der Waals surface area contributed by atoms with Gasteiger partial charge in [-0.15, -0.1) is 5.10 Å². The minimum atomic E-state index is -0.238. The largest absolute Gasteiger partial charge is 0.383 e. The van der Waals surface area contributed by atoms with E-state index in [1.54, 1.807) is 31.4 Å². The van der Waals surface area contributed by atoms with E-state index in [9.17, 15) is 9.59 Å². The van der Waals surface area contributed by atoms with Gasteiger partial charge in [-0.1, -0.05) is 17.3 Å². The summed E-state index contributed by atoms with van der Waals surface area (Å²) in [5.41, 5.74) is 0.315. The van der Waals surface area contributed by atoms with Crippen LogP contribution in [0.5, 0.6) is 0 Å². The second-order valence-electron chi connectivity index (χ2n) is 4.81. The monoisotopic (exact) mass is 290 g/mol. The quantitative estimate of drug-likeness (QED) is 0.828. The first kappa shape index (κ1) is 15.1. The van der Waals surface area contributed by atoms with Crippen molar-refractivity contribution in [3.8, 4) is 0 Å². The third-order valence-electron chi connectivity index (χ3n) is 3.00. The number of carbonyl (C=O) groups excluding carboxylic acids is 1. The summed E-state index contributed by atoms with van der Waals surface area (Å²) in [7, 11) is 1.58. The minimum Gasteiger partial charge on any atom is -0.383 e.